The average molecular weight is 171 g/mol. The molecule has 1 heterocycles. The lowest BCUT2D eigenvalue weighted by Gasteiger charge is -2.14. The molecule has 64 valence electrons. The largest absolute Gasteiger partial charge is 0.243 e. The fourth-order valence-electron chi connectivity index (χ4n) is 1.05. The van der Waals surface area contributed by atoms with Crippen molar-refractivity contribution in [1.82, 2.24) is 4.31 Å². The molecule has 0 atom stereocenters. The molecule has 0 amide bonds. The Morgan fingerprint density at radius 2 is 2.36 bits per heavy atom. The average Bonchev–Trinajstić information content (AvgIpc) is 2.31. The van der Waals surface area contributed by atoms with Crippen LogP contribution in [0.5, 0.6) is 0 Å². The van der Waals surface area contributed by atoms with Gasteiger partial charge < -0.3 is 0 Å². The summed E-state index contributed by atoms with van der Waals surface area (Å²) >= 11 is 1.90. The molecule has 0 bridgehead atoms. The van der Waals surface area contributed by atoms with Crippen LogP contribution in [0.25, 0.3) is 0 Å². The van der Waals surface area contributed by atoms with E-state index in [-0.39, 0.29) is 0 Å². The Morgan fingerprint density at radius 1 is 1.64 bits per heavy atom. The van der Waals surface area contributed by atoms with Crippen LogP contribution in [0.1, 0.15) is 27.2 Å². The molecule has 1 aliphatic heterocycles. The van der Waals surface area contributed by atoms with E-state index in [1.54, 1.807) is 0 Å². The molecule has 1 aliphatic rings. The SMILES string of the molecule is CC1=CCN(CCC(C)C)S1. The minimum Gasteiger partial charge on any atom is -0.243 e. The van der Waals surface area contributed by atoms with Crippen molar-refractivity contribution in [2.24, 2.45) is 5.92 Å². The number of nitrogens with zero attached hydrogens (tertiary/aromatic N) is 1. The predicted octanol–water partition coefficient (Wildman–Crippen LogP) is 2.90. The maximum atomic E-state index is 2.43. The fourth-order valence-corrected chi connectivity index (χ4v) is 1.95. The molecular formula is C9H17NS. The Kier molecular flexibility index (Phi) is 3.46. The van der Waals surface area contributed by atoms with E-state index in [9.17, 15) is 0 Å². The van der Waals surface area contributed by atoms with Gasteiger partial charge in [0.2, 0.25) is 0 Å². The Balaban J connectivity index is 2.11. The monoisotopic (exact) mass is 171 g/mol. The summed E-state index contributed by atoms with van der Waals surface area (Å²) in [6.07, 6.45) is 3.61. The third-order valence-corrected chi connectivity index (χ3v) is 2.86. The van der Waals surface area contributed by atoms with E-state index in [1.165, 1.54) is 17.9 Å². The second-order valence-corrected chi connectivity index (χ2v) is 4.82. The van der Waals surface area contributed by atoms with Gasteiger partial charge in [0.1, 0.15) is 0 Å². The molecule has 0 unspecified atom stereocenters. The summed E-state index contributed by atoms with van der Waals surface area (Å²) in [6, 6.07) is 0. The van der Waals surface area contributed by atoms with Gasteiger partial charge in [0.05, 0.1) is 0 Å². The highest BCUT2D eigenvalue weighted by Crippen LogP contribution is 2.26. The van der Waals surface area contributed by atoms with Gasteiger partial charge >= 0.3 is 0 Å². The second kappa shape index (κ2) is 4.17. The molecule has 0 aromatic carbocycles. The summed E-state index contributed by atoms with van der Waals surface area (Å²) in [7, 11) is 0. The Bertz CT molecular complexity index is 152. The highest BCUT2D eigenvalue weighted by molar-refractivity contribution is 8.01. The van der Waals surface area contributed by atoms with E-state index in [4.69, 9.17) is 0 Å². The first-order valence-corrected chi connectivity index (χ1v) is 5.05. The summed E-state index contributed by atoms with van der Waals surface area (Å²) < 4.78 is 2.43. The van der Waals surface area contributed by atoms with E-state index >= 15 is 0 Å². The second-order valence-electron chi connectivity index (χ2n) is 3.48. The van der Waals surface area contributed by atoms with E-state index in [0.717, 1.165) is 12.5 Å². The maximum Gasteiger partial charge on any atom is 0.0284 e. The molecule has 11 heavy (non-hydrogen) atoms. The predicted molar refractivity (Wildman–Crippen MR) is 52.4 cm³/mol. The van der Waals surface area contributed by atoms with Gasteiger partial charge in [0, 0.05) is 13.1 Å². The molecule has 0 radical (unpaired) electrons. The van der Waals surface area contributed by atoms with Crippen LogP contribution in [0.2, 0.25) is 0 Å². The standard InChI is InChI=1S/C9H17NS/c1-8(2)4-6-10-7-5-9(3)11-10/h5,8H,4,6-7H2,1-3H3. The zero-order chi connectivity index (χ0) is 8.27. The van der Waals surface area contributed by atoms with Crippen molar-refractivity contribution in [2.75, 3.05) is 13.1 Å². The molecule has 0 saturated carbocycles. The van der Waals surface area contributed by atoms with Crippen LogP contribution in [0.4, 0.5) is 0 Å². The molecule has 0 N–H and O–H groups in total. The molecule has 0 aliphatic carbocycles. The van der Waals surface area contributed by atoms with Crippen molar-refractivity contribution in [3.63, 3.8) is 0 Å². The summed E-state index contributed by atoms with van der Waals surface area (Å²) in [5, 5.41) is 0. The van der Waals surface area contributed by atoms with Crippen LogP contribution in [-0.2, 0) is 0 Å². The van der Waals surface area contributed by atoms with Gasteiger partial charge in [0.25, 0.3) is 0 Å². The quantitative estimate of drug-likeness (QED) is 0.601. The van der Waals surface area contributed by atoms with Gasteiger partial charge in [-0.1, -0.05) is 19.9 Å². The topological polar surface area (TPSA) is 3.24 Å². The number of allylic oxidation sites excluding steroid dienone is 1. The molecule has 0 fully saturated rings. The lowest BCUT2D eigenvalue weighted by Crippen LogP contribution is -2.14. The first kappa shape index (κ1) is 9.14. The van der Waals surface area contributed by atoms with Crippen molar-refractivity contribution in [1.29, 1.82) is 0 Å². The number of hydrogen-bond acceptors (Lipinski definition) is 2. The van der Waals surface area contributed by atoms with Gasteiger partial charge in [-0.3, -0.25) is 0 Å². The van der Waals surface area contributed by atoms with Crippen LogP contribution in [0.15, 0.2) is 11.0 Å². The highest BCUT2D eigenvalue weighted by Gasteiger charge is 2.11. The van der Waals surface area contributed by atoms with Crippen LogP contribution >= 0.6 is 11.9 Å². The minimum atomic E-state index is 0.830. The van der Waals surface area contributed by atoms with Gasteiger partial charge in [-0.05, 0) is 36.1 Å². The highest BCUT2D eigenvalue weighted by atomic mass is 32.2. The smallest absolute Gasteiger partial charge is 0.0284 e. The van der Waals surface area contributed by atoms with Crippen molar-refractivity contribution in [2.45, 2.75) is 27.2 Å². The molecule has 0 saturated heterocycles. The van der Waals surface area contributed by atoms with Gasteiger partial charge in [-0.25, -0.2) is 4.31 Å². The summed E-state index contributed by atoms with van der Waals surface area (Å²) in [5.74, 6) is 0.830. The molecule has 1 nitrogen and oxygen atoms in total. The fraction of sp³-hybridized carbons (Fsp3) is 0.778. The third kappa shape index (κ3) is 3.30. The van der Waals surface area contributed by atoms with Crippen LogP contribution < -0.4 is 0 Å². The van der Waals surface area contributed by atoms with Crippen molar-refractivity contribution in [3.05, 3.63) is 11.0 Å². The maximum absolute atomic E-state index is 2.43. The molecular weight excluding hydrogens is 154 g/mol. The minimum absolute atomic E-state index is 0.830. The first-order valence-electron chi connectivity index (χ1n) is 4.28. The van der Waals surface area contributed by atoms with Crippen molar-refractivity contribution >= 4 is 11.9 Å². The van der Waals surface area contributed by atoms with Crippen molar-refractivity contribution in [3.8, 4) is 0 Å². The number of hydrogen-bond donors (Lipinski definition) is 0. The lowest BCUT2D eigenvalue weighted by atomic mass is 10.1. The van der Waals surface area contributed by atoms with Gasteiger partial charge in [-0.2, -0.15) is 0 Å². The number of rotatable bonds is 3. The molecule has 1 rings (SSSR count). The van der Waals surface area contributed by atoms with Crippen LogP contribution in [0, 0.1) is 5.92 Å². The van der Waals surface area contributed by atoms with Gasteiger partial charge in [0.15, 0.2) is 0 Å². The summed E-state index contributed by atoms with van der Waals surface area (Å²) in [4.78, 5) is 1.45. The first-order chi connectivity index (χ1) is 5.18. The van der Waals surface area contributed by atoms with E-state index in [1.807, 2.05) is 11.9 Å². The van der Waals surface area contributed by atoms with E-state index in [0.29, 0.717) is 0 Å². The van der Waals surface area contributed by atoms with Crippen molar-refractivity contribution < 1.29 is 0 Å². The van der Waals surface area contributed by atoms with Crippen LogP contribution in [0.3, 0.4) is 0 Å². The normalized spacial score (nSPS) is 19.5. The lowest BCUT2D eigenvalue weighted by molar-refractivity contribution is 0.454. The Hall–Kier alpha value is 0.0500. The van der Waals surface area contributed by atoms with E-state index < -0.39 is 0 Å². The Morgan fingerprint density at radius 3 is 2.82 bits per heavy atom. The Labute approximate surface area is 74.0 Å². The summed E-state index contributed by atoms with van der Waals surface area (Å²) in [6.45, 7) is 9.11. The van der Waals surface area contributed by atoms with Crippen LogP contribution in [-0.4, -0.2) is 17.4 Å². The van der Waals surface area contributed by atoms with Gasteiger partial charge in [-0.15, -0.1) is 0 Å². The molecule has 0 spiro atoms. The summed E-state index contributed by atoms with van der Waals surface area (Å²) in [5.41, 5.74) is 0. The zero-order valence-corrected chi connectivity index (χ0v) is 8.45. The molecule has 2 heteroatoms. The molecule has 0 aromatic rings. The van der Waals surface area contributed by atoms with E-state index in [2.05, 4.69) is 31.2 Å². The molecule has 0 aromatic heterocycles. The third-order valence-electron chi connectivity index (χ3n) is 1.81. The zero-order valence-electron chi connectivity index (χ0n) is 7.63.